The predicted octanol–water partition coefficient (Wildman–Crippen LogP) is 4.34. The van der Waals surface area contributed by atoms with E-state index < -0.39 is 0 Å². The van der Waals surface area contributed by atoms with Crippen LogP contribution in [0.4, 0.5) is 0 Å². The minimum atomic E-state index is 0. The van der Waals surface area contributed by atoms with E-state index in [0.29, 0.717) is 0 Å². The zero-order valence-electron chi connectivity index (χ0n) is 7.81. The van der Waals surface area contributed by atoms with E-state index in [1.165, 1.54) is 38.5 Å². The average molecular weight is 177 g/mol. The molecule has 0 N–H and O–H groups in total. The largest absolute Gasteiger partial charge is 0.147 e. The molecule has 0 spiro atoms. The van der Waals surface area contributed by atoms with Gasteiger partial charge in [0.1, 0.15) is 0 Å². The minimum absolute atomic E-state index is 0. The molecule has 0 unspecified atom stereocenters. The predicted molar refractivity (Wildman–Crippen MR) is 55.4 cm³/mol. The van der Waals surface area contributed by atoms with Crippen LogP contribution in [0, 0.1) is 0 Å². The third-order valence-corrected chi connectivity index (χ3v) is 1.62. The Labute approximate surface area is 77.5 Å². The van der Waals surface area contributed by atoms with E-state index in [4.69, 9.17) is 0 Å². The molecule has 0 amide bonds. The number of hydrogen-bond donors (Lipinski definition) is 0. The van der Waals surface area contributed by atoms with Crippen LogP contribution in [0.3, 0.4) is 0 Å². The molecule has 0 aromatic heterocycles. The first-order valence-electron chi connectivity index (χ1n) is 4.56. The fourth-order valence-electron chi connectivity index (χ4n) is 0.880. The zero-order valence-corrected chi connectivity index (χ0v) is 8.62. The van der Waals surface area contributed by atoms with Gasteiger partial charge in [0, 0.05) is 0 Å². The van der Waals surface area contributed by atoms with Gasteiger partial charge in [-0.2, -0.15) is 0 Å². The van der Waals surface area contributed by atoms with E-state index >= 15 is 0 Å². The summed E-state index contributed by atoms with van der Waals surface area (Å²) in [6, 6.07) is 0. The number of halogens is 1. The number of unbranched alkanes of at least 4 members (excludes halogenated alkanes) is 4. The zero-order chi connectivity index (χ0) is 7.66. The van der Waals surface area contributed by atoms with Crippen LogP contribution in [-0.4, -0.2) is 0 Å². The maximum absolute atomic E-state index is 2.32. The molecule has 1 heteroatoms. The lowest BCUT2D eigenvalue weighted by Gasteiger charge is -1.89. The Balaban J connectivity index is 0. The molecule has 0 aliphatic heterocycles. The topological polar surface area (TPSA) is 0 Å². The van der Waals surface area contributed by atoms with Crippen molar-refractivity contribution in [3.8, 4) is 0 Å². The molecule has 0 saturated carbocycles. The third kappa shape index (κ3) is 13.1. The van der Waals surface area contributed by atoms with Gasteiger partial charge in [-0.05, 0) is 12.8 Å². The summed E-state index contributed by atoms with van der Waals surface area (Å²) >= 11 is 0. The number of rotatable bonds is 6. The standard InChI is InChI=1S/C10H20.ClH/c1-3-5-7-9-10-8-6-4-2;/h9-10H,3-8H2,1-2H3;1H. The molecule has 0 aromatic rings. The molecular formula is C10H21Cl. The Morgan fingerprint density at radius 1 is 0.818 bits per heavy atom. The molecule has 11 heavy (non-hydrogen) atoms. The molecule has 0 rings (SSSR count). The van der Waals surface area contributed by atoms with Crippen LogP contribution in [-0.2, 0) is 0 Å². The second kappa shape index (κ2) is 12.7. The Morgan fingerprint density at radius 2 is 1.18 bits per heavy atom. The number of hydrogen-bond acceptors (Lipinski definition) is 0. The molecule has 0 saturated heterocycles. The summed E-state index contributed by atoms with van der Waals surface area (Å²) in [5, 5.41) is 0. The SMILES string of the molecule is CCCCC=CCCCC.Cl. The van der Waals surface area contributed by atoms with Crippen LogP contribution in [0.2, 0.25) is 0 Å². The molecule has 0 atom stereocenters. The van der Waals surface area contributed by atoms with Gasteiger partial charge in [0.25, 0.3) is 0 Å². The Bertz CT molecular complexity index is 66.9. The molecule has 68 valence electrons. The minimum Gasteiger partial charge on any atom is -0.147 e. The quantitative estimate of drug-likeness (QED) is 0.417. The highest BCUT2D eigenvalue weighted by Crippen LogP contribution is 1.99. The van der Waals surface area contributed by atoms with Crippen molar-refractivity contribution in [2.45, 2.75) is 52.4 Å². The first-order valence-corrected chi connectivity index (χ1v) is 4.56. The lowest BCUT2D eigenvalue weighted by Crippen LogP contribution is -1.69. The summed E-state index contributed by atoms with van der Waals surface area (Å²) < 4.78 is 0. The monoisotopic (exact) mass is 176 g/mol. The molecular weight excluding hydrogens is 156 g/mol. The second-order valence-corrected chi connectivity index (χ2v) is 2.76. The van der Waals surface area contributed by atoms with Gasteiger partial charge in [-0.25, -0.2) is 0 Å². The molecule has 0 fully saturated rings. The van der Waals surface area contributed by atoms with Crippen LogP contribution in [0.15, 0.2) is 12.2 Å². The van der Waals surface area contributed by atoms with Crippen LogP contribution >= 0.6 is 12.4 Å². The molecule has 0 bridgehead atoms. The van der Waals surface area contributed by atoms with Crippen molar-refractivity contribution in [1.29, 1.82) is 0 Å². The van der Waals surface area contributed by atoms with Crippen LogP contribution in [0.25, 0.3) is 0 Å². The normalized spacial score (nSPS) is 10.0. The smallest absolute Gasteiger partial charge is 0.0351 e. The molecule has 0 aromatic carbocycles. The van der Waals surface area contributed by atoms with Crippen molar-refractivity contribution in [3.63, 3.8) is 0 Å². The first kappa shape index (κ1) is 13.6. The molecule has 0 aliphatic rings. The highest BCUT2D eigenvalue weighted by atomic mass is 35.5. The van der Waals surface area contributed by atoms with Crippen molar-refractivity contribution in [3.05, 3.63) is 12.2 Å². The van der Waals surface area contributed by atoms with Gasteiger partial charge < -0.3 is 0 Å². The first-order chi connectivity index (χ1) is 4.91. The molecule has 0 radical (unpaired) electrons. The van der Waals surface area contributed by atoms with Crippen molar-refractivity contribution >= 4 is 12.4 Å². The van der Waals surface area contributed by atoms with Crippen LogP contribution in [0.5, 0.6) is 0 Å². The highest BCUT2D eigenvalue weighted by molar-refractivity contribution is 5.85. The van der Waals surface area contributed by atoms with Crippen molar-refractivity contribution in [2.75, 3.05) is 0 Å². The summed E-state index contributed by atoms with van der Waals surface area (Å²) in [4.78, 5) is 0. The second-order valence-electron chi connectivity index (χ2n) is 2.76. The highest BCUT2D eigenvalue weighted by Gasteiger charge is 1.78. The van der Waals surface area contributed by atoms with Gasteiger partial charge in [0.05, 0.1) is 0 Å². The summed E-state index contributed by atoms with van der Waals surface area (Å²) in [5.41, 5.74) is 0. The van der Waals surface area contributed by atoms with E-state index in [-0.39, 0.29) is 12.4 Å². The average Bonchev–Trinajstić information content (AvgIpc) is 1.97. The Kier molecular flexibility index (Phi) is 15.7. The molecule has 0 aliphatic carbocycles. The van der Waals surface area contributed by atoms with Crippen LogP contribution < -0.4 is 0 Å². The van der Waals surface area contributed by atoms with Crippen molar-refractivity contribution in [2.24, 2.45) is 0 Å². The van der Waals surface area contributed by atoms with Crippen molar-refractivity contribution < 1.29 is 0 Å². The lowest BCUT2D eigenvalue weighted by atomic mass is 10.2. The third-order valence-electron chi connectivity index (χ3n) is 1.62. The maximum atomic E-state index is 2.32. The van der Waals surface area contributed by atoms with Gasteiger partial charge in [-0.1, -0.05) is 51.7 Å². The summed E-state index contributed by atoms with van der Waals surface area (Å²) in [6.07, 6.45) is 12.5. The van der Waals surface area contributed by atoms with Gasteiger partial charge in [0.15, 0.2) is 0 Å². The Morgan fingerprint density at radius 3 is 1.45 bits per heavy atom. The van der Waals surface area contributed by atoms with Crippen molar-refractivity contribution in [1.82, 2.24) is 0 Å². The van der Waals surface area contributed by atoms with E-state index in [1.807, 2.05) is 0 Å². The van der Waals surface area contributed by atoms with E-state index in [0.717, 1.165) is 0 Å². The number of allylic oxidation sites excluding steroid dienone is 2. The van der Waals surface area contributed by atoms with E-state index in [2.05, 4.69) is 26.0 Å². The fourth-order valence-corrected chi connectivity index (χ4v) is 0.880. The van der Waals surface area contributed by atoms with Gasteiger partial charge >= 0.3 is 0 Å². The molecule has 0 nitrogen and oxygen atoms in total. The van der Waals surface area contributed by atoms with E-state index in [9.17, 15) is 0 Å². The summed E-state index contributed by atoms with van der Waals surface area (Å²) in [7, 11) is 0. The molecule has 0 heterocycles. The maximum Gasteiger partial charge on any atom is -0.0351 e. The van der Waals surface area contributed by atoms with Crippen LogP contribution in [0.1, 0.15) is 52.4 Å². The summed E-state index contributed by atoms with van der Waals surface area (Å²) in [6.45, 7) is 4.47. The van der Waals surface area contributed by atoms with Gasteiger partial charge in [-0.3, -0.25) is 0 Å². The Hall–Kier alpha value is 0.0300. The summed E-state index contributed by atoms with van der Waals surface area (Å²) in [5.74, 6) is 0. The fraction of sp³-hybridized carbons (Fsp3) is 0.800. The van der Waals surface area contributed by atoms with E-state index in [1.54, 1.807) is 0 Å². The van der Waals surface area contributed by atoms with Gasteiger partial charge in [-0.15, -0.1) is 12.4 Å². The lowest BCUT2D eigenvalue weighted by molar-refractivity contribution is 0.793. The van der Waals surface area contributed by atoms with Gasteiger partial charge in [0.2, 0.25) is 0 Å².